The van der Waals surface area contributed by atoms with Gasteiger partial charge in [-0.3, -0.25) is 19.6 Å². The molecule has 0 spiro atoms. The Hall–Kier alpha value is -3.12. The highest BCUT2D eigenvalue weighted by molar-refractivity contribution is 8.16. The molecule has 2 aromatic heterocycles. The second-order valence-corrected chi connectivity index (χ2v) is 16.5. The molecule has 4 bridgehead atoms. The first kappa shape index (κ1) is 31.5. The predicted octanol–water partition coefficient (Wildman–Crippen LogP) is 5.43. The molecule has 2 N–H and O–H groups in total. The number of hydrogen-bond donors (Lipinski definition) is 2. The summed E-state index contributed by atoms with van der Waals surface area (Å²) in [6.07, 6.45) is 13.7. The molecule has 12 heteroatoms. The number of rotatable bonds is 6. The van der Waals surface area contributed by atoms with Crippen molar-refractivity contribution >= 4 is 45.7 Å². The number of aromatic nitrogens is 2. The van der Waals surface area contributed by atoms with Gasteiger partial charge in [-0.2, -0.15) is 0 Å². The molecule has 8 atom stereocenters. The SMILES string of the molecule is COc1cc([C@@]2(C)SC(=N[C@H]3C[C@@H]4CC[C@H]3C4)NC2=O)ccn1.COc1cc([C@]2(C)SC(=N[C@H]3C[C@@H]4CC[C@H]3C4)NC2=O)ccn1. The van der Waals surface area contributed by atoms with E-state index in [-0.39, 0.29) is 11.8 Å². The van der Waals surface area contributed by atoms with Crippen LogP contribution >= 0.6 is 23.5 Å². The van der Waals surface area contributed by atoms with Gasteiger partial charge in [-0.15, -0.1) is 0 Å². The van der Waals surface area contributed by atoms with Crippen LogP contribution in [0.5, 0.6) is 11.8 Å². The van der Waals surface area contributed by atoms with Crippen molar-refractivity contribution in [3.05, 3.63) is 47.8 Å². The number of amidine groups is 2. The Balaban J connectivity index is 0.000000147. The van der Waals surface area contributed by atoms with E-state index in [2.05, 4.69) is 20.6 Å². The number of methoxy groups -OCH3 is 2. The van der Waals surface area contributed by atoms with Gasteiger partial charge in [-0.25, -0.2) is 9.97 Å². The Labute approximate surface area is 278 Å². The Bertz CT molecular complexity index is 1470. The molecule has 0 radical (unpaired) electrons. The standard InChI is InChI=1S/2C17H21N3O2S/c2*1-17(12-5-6-18-14(9-12)22-2)15(21)20-16(23-17)19-13-8-10-3-4-11(13)7-10/h2*5-6,9-11,13H,3-4,7-8H2,1-2H3,(H,19,20,21)/t10-,11+,13+,17+;10-,11+,13+,17-/m11/s1. The molecule has 0 unspecified atom stereocenters. The van der Waals surface area contributed by atoms with Crippen LogP contribution in [0, 0.1) is 23.7 Å². The van der Waals surface area contributed by atoms with Crippen LogP contribution in [-0.4, -0.2) is 58.4 Å². The van der Waals surface area contributed by atoms with Crippen LogP contribution < -0.4 is 20.1 Å². The summed E-state index contributed by atoms with van der Waals surface area (Å²) in [7, 11) is 3.16. The Morgan fingerprint density at radius 3 is 1.50 bits per heavy atom. The number of thioether (sulfide) groups is 2. The van der Waals surface area contributed by atoms with Crippen LogP contribution in [0.25, 0.3) is 0 Å². The van der Waals surface area contributed by atoms with Crippen molar-refractivity contribution in [2.24, 2.45) is 33.7 Å². The fourth-order valence-corrected chi connectivity index (χ4v) is 10.3. The third-order valence-corrected chi connectivity index (χ3v) is 13.3. The molecular formula is C34H42N6O4S2. The molecule has 244 valence electrons. The first-order valence-corrected chi connectivity index (χ1v) is 18.0. The van der Waals surface area contributed by atoms with Gasteiger partial charge < -0.3 is 20.1 Å². The van der Waals surface area contributed by atoms with Gasteiger partial charge in [0.2, 0.25) is 23.6 Å². The fourth-order valence-electron chi connectivity index (χ4n) is 8.14. The summed E-state index contributed by atoms with van der Waals surface area (Å²) in [6, 6.07) is 8.18. The summed E-state index contributed by atoms with van der Waals surface area (Å²) in [5, 5.41) is 7.50. The summed E-state index contributed by atoms with van der Waals surface area (Å²) in [4.78, 5) is 43.1. The average molecular weight is 663 g/mol. The number of hydrogen-bond acceptors (Lipinski definition) is 10. The zero-order chi connectivity index (χ0) is 32.1. The zero-order valence-corrected chi connectivity index (χ0v) is 28.5. The van der Waals surface area contributed by atoms with E-state index in [1.165, 1.54) is 74.9 Å². The van der Waals surface area contributed by atoms with E-state index in [1.54, 1.807) is 26.6 Å². The molecule has 8 rings (SSSR count). The van der Waals surface area contributed by atoms with E-state index in [4.69, 9.17) is 19.5 Å². The van der Waals surface area contributed by atoms with Crippen LogP contribution in [0.2, 0.25) is 0 Å². The quantitative estimate of drug-likeness (QED) is 0.420. The number of ether oxygens (including phenoxy) is 2. The predicted molar refractivity (Wildman–Crippen MR) is 181 cm³/mol. The summed E-state index contributed by atoms with van der Waals surface area (Å²) in [5.41, 5.74) is 1.79. The first-order valence-electron chi connectivity index (χ1n) is 16.3. The van der Waals surface area contributed by atoms with Gasteiger partial charge in [0.15, 0.2) is 10.3 Å². The molecule has 46 heavy (non-hydrogen) atoms. The van der Waals surface area contributed by atoms with Gasteiger partial charge in [0, 0.05) is 24.5 Å². The summed E-state index contributed by atoms with van der Waals surface area (Å²) in [5.74, 6) is 4.16. The normalized spacial score (nSPS) is 37.4. The molecule has 4 aliphatic carbocycles. The lowest BCUT2D eigenvalue weighted by Gasteiger charge is -2.20. The maximum atomic E-state index is 12.6. The minimum absolute atomic E-state index is 0.0161. The Morgan fingerprint density at radius 2 is 1.15 bits per heavy atom. The van der Waals surface area contributed by atoms with Gasteiger partial charge in [0.1, 0.15) is 9.49 Å². The van der Waals surface area contributed by atoms with Crippen molar-refractivity contribution in [3.8, 4) is 11.8 Å². The van der Waals surface area contributed by atoms with E-state index in [0.29, 0.717) is 23.8 Å². The number of aliphatic imine (C=N–C) groups is 2. The second kappa shape index (κ2) is 12.5. The third-order valence-electron chi connectivity index (χ3n) is 10.9. The number of carbonyl (C=O) groups excluding carboxylic acids is 2. The molecule has 2 aromatic rings. The van der Waals surface area contributed by atoms with Gasteiger partial charge >= 0.3 is 0 Å². The number of fused-ring (bicyclic) bond motifs is 4. The van der Waals surface area contributed by atoms with Crippen LogP contribution in [0.15, 0.2) is 46.6 Å². The monoisotopic (exact) mass is 662 g/mol. The third kappa shape index (κ3) is 5.91. The Morgan fingerprint density at radius 1 is 0.717 bits per heavy atom. The van der Waals surface area contributed by atoms with Gasteiger partial charge in [-0.05, 0) is 99.3 Å². The molecule has 2 amide bonds. The summed E-state index contributed by atoms with van der Waals surface area (Å²) in [6.45, 7) is 3.87. The van der Waals surface area contributed by atoms with E-state index in [1.807, 2.05) is 38.1 Å². The zero-order valence-electron chi connectivity index (χ0n) is 26.8. The van der Waals surface area contributed by atoms with E-state index >= 15 is 0 Å². The minimum Gasteiger partial charge on any atom is -0.481 e. The van der Waals surface area contributed by atoms with Crippen molar-refractivity contribution in [2.75, 3.05) is 14.2 Å². The van der Waals surface area contributed by atoms with Crippen LogP contribution in [-0.2, 0) is 19.1 Å². The fraction of sp³-hybridized carbons (Fsp3) is 0.588. The molecule has 2 aliphatic heterocycles. The molecule has 6 aliphatic rings. The van der Waals surface area contributed by atoms with E-state index in [0.717, 1.165) is 45.1 Å². The number of amides is 2. The van der Waals surface area contributed by atoms with Crippen molar-refractivity contribution in [3.63, 3.8) is 0 Å². The molecule has 10 nitrogen and oxygen atoms in total. The number of nitrogens with one attached hydrogen (secondary N) is 2. The molecule has 2 saturated heterocycles. The summed E-state index contributed by atoms with van der Waals surface area (Å²) >= 11 is 3.03. The average Bonchev–Trinajstić information content (AvgIpc) is 3.93. The first-order chi connectivity index (χ1) is 22.2. The number of nitrogens with zero attached hydrogens (tertiary/aromatic N) is 4. The maximum absolute atomic E-state index is 12.6. The number of pyridine rings is 2. The Kier molecular flexibility index (Phi) is 8.54. The van der Waals surface area contributed by atoms with Crippen molar-refractivity contribution in [1.29, 1.82) is 0 Å². The van der Waals surface area contributed by atoms with Crippen molar-refractivity contribution in [2.45, 2.75) is 86.8 Å². The highest BCUT2D eigenvalue weighted by atomic mass is 32.2. The van der Waals surface area contributed by atoms with Crippen LogP contribution in [0.3, 0.4) is 0 Å². The highest BCUT2D eigenvalue weighted by Crippen LogP contribution is 2.49. The highest BCUT2D eigenvalue weighted by Gasteiger charge is 2.47. The lowest BCUT2D eigenvalue weighted by Crippen LogP contribution is -2.32. The summed E-state index contributed by atoms with van der Waals surface area (Å²) < 4.78 is 9.01. The smallest absolute Gasteiger partial charge is 0.246 e. The lowest BCUT2D eigenvalue weighted by atomic mass is 9.96. The topological polar surface area (TPSA) is 127 Å². The molecule has 6 fully saturated rings. The second-order valence-electron chi connectivity index (χ2n) is 13.7. The van der Waals surface area contributed by atoms with Crippen LogP contribution in [0.4, 0.5) is 0 Å². The van der Waals surface area contributed by atoms with E-state index < -0.39 is 9.49 Å². The van der Waals surface area contributed by atoms with Crippen LogP contribution in [0.1, 0.15) is 76.3 Å². The molecule has 0 aromatic carbocycles. The molecule has 4 saturated carbocycles. The van der Waals surface area contributed by atoms with Gasteiger partial charge in [-0.1, -0.05) is 36.4 Å². The van der Waals surface area contributed by atoms with Crippen molar-refractivity contribution < 1.29 is 19.1 Å². The molecule has 4 heterocycles. The maximum Gasteiger partial charge on any atom is 0.246 e. The van der Waals surface area contributed by atoms with Gasteiger partial charge in [0.05, 0.1) is 26.3 Å². The van der Waals surface area contributed by atoms with Gasteiger partial charge in [0.25, 0.3) is 0 Å². The lowest BCUT2D eigenvalue weighted by molar-refractivity contribution is -0.122. The minimum atomic E-state index is -0.674. The van der Waals surface area contributed by atoms with Crippen molar-refractivity contribution in [1.82, 2.24) is 20.6 Å². The largest absolute Gasteiger partial charge is 0.481 e. The molecular weight excluding hydrogens is 621 g/mol. The van der Waals surface area contributed by atoms with E-state index in [9.17, 15) is 9.59 Å². The number of carbonyl (C=O) groups is 2.